The van der Waals surface area contributed by atoms with E-state index < -0.39 is 56.1 Å². The highest BCUT2D eigenvalue weighted by Crippen LogP contribution is 2.55. The van der Waals surface area contributed by atoms with Gasteiger partial charge in [-0.2, -0.15) is 0 Å². The average Bonchev–Trinajstić information content (AvgIpc) is 2.96. The third-order valence-electron chi connectivity index (χ3n) is 4.35. The van der Waals surface area contributed by atoms with Gasteiger partial charge in [-0.25, -0.2) is 18.1 Å². The van der Waals surface area contributed by atoms with Crippen LogP contribution < -0.4 is 15.8 Å². The van der Waals surface area contributed by atoms with Gasteiger partial charge < -0.3 is 14.4 Å². The molecule has 0 radical (unpaired) electrons. The summed E-state index contributed by atoms with van der Waals surface area (Å²) < 4.78 is 61.8. The number of rotatable bonds is 4. The summed E-state index contributed by atoms with van der Waals surface area (Å²) in [4.78, 5) is 24.9. The molecule has 2 aliphatic rings. The second-order valence-electron chi connectivity index (χ2n) is 6.52. The zero-order valence-electron chi connectivity index (χ0n) is 14.6. The van der Waals surface area contributed by atoms with Gasteiger partial charge >= 0.3 is 13.5 Å². The normalized spacial score (nSPS) is 31.3. The summed E-state index contributed by atoms with van der Waals surface area (Å²) >= 11 is 0. The minimum Gasteiger partial charge on any atom is -0.404 e. The number of alkyl halides is 1. The lowest BCUT2D eigenvalue weighted by Crippen LogP contribution is -2.35. The summed E-state index contributed by atoms with van der Waals surface area (Å²) in [5.74, 6) is -3.08. The Kier molecular flexibility index (Phi) is 4.91. The first-order chi connectivity index (χ1) is 13.7. The Morgan fingerprint density at radius 3 is 2.93 bits per heavy atom. The molecule has 1 fully saturated rings. The zero-order chi connectivity index (χ0) is 20.8. The molecule has 156 valence electrons. The highest BCUT2D eigenvalue weighted by Gasteiger charge is 2.50. The molecule has 0 amide bonds. The third kappa shape index (κ3) is 4.02. The van der Waals surface area contributed by atoms with E-state index >= 15 is 4.39 Å². The van der Waals surface area contributed by atoms with E-state index in [-0.39, 0.29) is 12.4 Å². The van der Waals surface area contributed by atoms with Crippen molar-refractivity contribution in [2.45, 2.75) is 31.2 Å². The van der Waals surface area contributed by atoms with Gasteiger partial charge in [0.1, 0.15) is 24.3 Å². The van der Waals surface area contributed by atoms with Gasteiger partial charge in [0.2, 0.25) is 5.85 Å². The maximum Gasteiger partial charge on any atom is 0.530 e. The molecule has 0 aliphatic carbocycles. The molecule has 3 heterocycles. The Balaban J connectivity index is 1.46. The number of halogens is 2. The maximum atomic E-state index is 15.0. The van der Waals surface area contributed by atoms with Gasteiger partial charge in [0.05, 0.1) is 6.61 Å². The van der Waals surface area contributed by atoms with E-state index in [2.05, 4.69) is 0 Å². The molecule has 1 unspecified atom stereocenters. The molecule has 29 heavy (non-hydrogen) atoms. The standard InChI is InChI=1S/C16H15F2N2O8P/c17-10-1-2-12-9(5-10)7-25-29(24,28-12)26-8-16(18)6-11(21)14(27-16)20-4-3-13(22)19-15(20)23/h1-5,11,14,21H,6-8H2,(H,19,22,23)/t11-,14-,16+,29?/m1/s1. The molecule has 4 rings (SSSR count). The largest absolute Gasteiger partial charge is 0.530 e. The molecule has 2 aromatic rings. The number of hydrogen-bond donors (Lipinski definition) is 2. The first-order valence-corrected chi connectivity index (χ1v) is 9.86. The number of benzene rings is 1. The molecular formula is C16H15F2N2O8P. The Hall–Kier alpha value is -2.37. The van der Waals surface area contributed by atoms with Crippen molar-refractivity contribution in [3.05, 3.63) is 62.7 Å². The predicted molar refractivity (Wildman–Crippen MR) is 91.3 cm³/mol. The summed E-state index contributed by atoms with van der Waals surface area (Å²) in [6.07, 6.45) is -2.45. The van der Waals surface area contributed by atoms with E-state index in [1.54, 1.807) is 0 Å². The zero-order valence-corrected chi connectivity index (χ0v) is 15.5. The number of hydrogen-bond acceptors (Lipinski definition) is 8. The Morgan fingerprint density at radius 2 is 2.17 bits per heavy atom. The van der Waals surface area contributed by atoms with Gasteiger partial charge in [0.25, 0.3) is 5.56 Å². The lowest BCUT2D eigenvalue weighted by Gasteiger charge is -2.27. The van der Waals surface area contributed by atoms with Crippen LogP contribution in [0.1, 0.15) is 18.2 Å². The van der Waals surface area contributed by atoms with Crippen LogP contribution in [0.4, 0.5) is 8.78 Å². The molecule has 4 atom stereocenters. The highest BCUT2D eigenvalue weighted by molar-refractivity contribution is 7.49. The van der Waals surface area contributed by atoms with E-state index in [4.69, 9.17) is 18.3 Å². The number of aliphatic hydroxyl groups excluding tert-OH is 1. The fourth-order valence-electron chi connectivity index (χ4n) is 3.00. The Labute approximate surface area is 161 Å². The monoisotopic (exact) mass is 432 g/mol. The van der Waals surface area contributed by atoms with Crippen LogP contribution in [0.3, 0.4) is 0 Å². The number of aromatic nitrogens is 2. The maximum absolute atomic E-state index is 15.0. The fourth-order valence-corrected chi connectivity index (χ4v) is 4.25. The minimum atomic E-state index is -4.22. The van der Waals surface area contributed by atoms with E-state index in [1.807, 2.05) is 4.98 Å². The number of fused-ring (bicyclic) bond motifs is 1. The van der Waals surface area contributed by atoms with Crippen LogP contribution >= 0.6 is 7.82 Å². The molecular weight excluding hydrogens is 417 g/mol. The first-order valence-electron chi connectivity index (χ1n) is 8.40. The van der Waals surface area contributed by atoms with Crippen molar-refractivity contribution in [1.29, 1.82) is 0 Å². The lowest BCUT2D eigenvalue weighted by atomic mass is 10.2. The lowest BCUT2D eigenvalue weighted by molar-refractivity contribution is -0.179. The van der Waals surface area contributed by atoms with Crippen molar-refractivity contribution in [3.8, 4) is 5.75 Å². The molecule has 10 nitrogen and oxygen atoms in total. The van der Waals surface area contributed by atoms with E-state index in [0.29, 0.717) is 5.56 Å². The van der Waals surface area contributed by atoms with E-state index in [9.17, 15) is 23.7 Å². The van der Waals surface area contributed by atoms with Crippen LogP contribution in [-0.2, 0) is 25.0 Å². The predicted octanol–water partition coefficient (Wildman–Crippen LogP) is 1.36. The summed E-state index contributed by atoms with van der Waals surface area (Å²) in [5, 5.41) is 10.1. The van der Waals surface area contributed by atoms with Crippen LogP contribution in [0, 0.1) is 5.82 Å². The Morgan fingerprint density at radius 1 is 1.38 bits per heavy atom. The number of aromatic amines is 1. The SMILES string of the molecule is O=c1ccn([C@@H]2O[C@](F)(COP3(=O)OCc4cc(F)ccc4O3)C[C@H]2O)c(=O)[nH]1. The van der Waals surface area contributed by atoms with Crippen LogP contribution in [-0.4, -0.2) is 33.2 Å². The fraction of sp³-hybridized carbons (Fsp3) is 0.375. The second kappa shape index (κ2) is 7.15. The van der Waals surface area contributed by atoms with Crippen LogP contribution in [0.25, 0.3) is 0 Å². The number of aliphatic hydroxyl groups is 1. The number of nitrogens with one attached hydrogen (secondary N) is 1. The molecule has 0 spiro atoms. The molecule has 2 N–H and O–H groups in total. The van der Waals surface area contributed by atoms with Crippen molar-refractivity contribution in [3.63, 3.8) is 0 Å². The second-order valence-corrected chi connectivity index (χ2v) is 8.11. The van der Waals surface area contributed by atoms with Crippen molar-refractivity contribution in [2.24, 2.45) is 0 Å². The molecule has 1 aromatic heterocycles. The topological polar surface area (TPSA) is 129 Å². The summed E-state index contributed by atoms with van der Waals surface area (Å²) in [5.41, 5.74) is -1.26. The van der Waals surface area contributed by atoms with Crippen LogP contribution in [0.5, 0.6) is 5.75 Å². The molecule has 13 heteroatoms. The Bertz CT molecular complexity index is 1100. The number of phosphoric acid groups is 1. The molecule has 0 bridgehead atoms. The van der Waals surface area contributed by atoms with Crippen molar-refractivity contribution in [2.75, 3.05) is 6.61 Å². The summed E-state index contributed by atoms with van der Waals surface area (Å²) in [7, 11) is -4.22. The minimum absolute atomic E-state index is 0.0685. The highest BCUT2D eigenvalue weighted by atomic mass is 31.2. The van der Waals surface area contributed by atoms with Gasteiger partial charge in [0.15, 0.2) is 6.23 Å². The van der Waals surface area contributed by atoms with Gasteiger partial charge in [-0.1, -0.05) is 0 Å². The van der Waals surface area contributed by atoms with Gasteiger partial charge in [-0.15, -0.1) is 0 Å². The first kappa shape index (κ1) is 19.9. The van der Waals surface area contributed by atoms with Gasteiger partial charge in [-0.3, -0.25) is 23.4 Å². The van der Waals surface area contributed by atoms with Crippen molar-refractivity contribution >= 4 is 7.82 Å². The molecule has 1 aromatic carbocycles. The summed E-state index contributed by atoms with van der Waals surface area (Å²) in [6, 6.07) is 4.48. The number of nitrogens with zero attached hydrogens (tertiary/aromatic N) is 1. The number of phosphoric ester groups is 1. The third-order valence-corrected chi connectivity index (χ3v) is 5.66. The molecule has 1 saturated heterocycles. The van der Waals surface area contributed by atoms with Crippen molar-refractivity contribution in [1.82, 2.24) is 9.55 Å². The molecule has 0 saturated carbocycles. The van der Waals surface area contributed by atoms with Crippen molar-refractivity contribution < 1.29 is 36.8 Å². The summed E-state index contributed by atoms with van der Waals surface area (Å²) in [6.45, 7) is -1.21. The van der Waals surface area contributed by atoms with Crippen LogP contribution in [0.15, 0.2) is 40.1 Å². The van der Waals surface area contributed by atoms with Gasteiger partial charge in [-0.05, 0) is 18.2 Å². The van der Waals surface area contributed by atoms with E-state index in [1.165, 1.54) is 6.07 Å². The van der Waals surface area contributed by atoms with E-state index in [0.717, 1.165) is 29.0 Å². The molecule has 2 aliphatic heterocycles. The number of H-pyrrole nitrogens is 1. The van der Waals surface area contributed by atoms with Crippen LogP contribution in [0.2, 0.25) is 0 Å². The smallest absolute Gasteiger partial charge is 0.404 e. The van der Waals surface area contributed by atoms with Gasteiger partial charge in [0, 0.05) is 24.2 Å². The number of ether oxygens (including phenoxy) is 1. The average molecular weight is 432 g/mol. The quantitative estimate of drug-likeness (QED) is 0.693.